The number of thiophene rings is 1. The number of hydrogen-bond acceptors (Lipinski definition) is 7. The fraction of sp³-hybridized carbons (Fsp3) is 0.350. The second kappa shape index (κ2) is 8.52. The Labute approximate surface area is 172 Å². The highest BCUT2D eigenvalue weighted by molar-refractivity contribution is 7.18. The second-order valence-electron chi connectivity index (χ2n) is 6.53. The van der Waals surface area contributed by atoms with E-state index in [0.717, 1.165) is 11.3 Å². The summed E-state index contributed by atoms with van der Waals surface area (Å²) in [5.74, 6) is -0.301. The normalized spacial score (nSPS) is 14.8. The Balaban J connectivity index is 1.87. The van der Waals surface area contributed by atoms with Crippen molar-refractivity contribution in [3.8, 4) is 11.5 Å². The van der Waals surface area contributed by atoms with E-state index in [-0.39, 0.29) is 29.7 Å². The summed E-state index contributed by atoms with van der Waals surface area (Å²) in [6, 6.07) is 7.06. The predicted molar refractivity (Wildman–Crippen MR) is 108 cm³/mol. The monoisotopic (exact) mass is 418 g/mol. The molecule has 8 nitrogen and oxygen atoms in total. The van der Waals surface area contributed by atoms with Gasteiger partial charge in [0, 0.05) is 14.1 Å². The summed E-state index contributed by atoms with van der Waals surface area (Å²) in [4.78, 5) is 39.5. The number of nitrogens with one attached hydrogen (secondary N) is 1. The molecule has 1 atom stereocenters. The van der Waals surface area contributed by atoms with Gasteiger partial charge < -0.3 is 24.4 Å². The Morgan fingerprint density at radius 1 is 1.24 bits per heavy atom. The van der Waals surface area contributed by atoms with Gasteiger partial charge in [0.25, 0.3) is 11.8 Å². The number of nitrogens with zero attached hydrogens (tertiary/aromatic N) is 1. The van der Waals surface area contributed by atoms with E-state index in [1.54, 1.807) is 46.1 Å². The fourth-order valence-electron chi connectivity index (χ4n) is 2.80. The Morgan fingerprint density at radius 2 is 1.93 bits per heavy atom. The molecule has 0 spiro atoms. The molecule has 9 heteroatoms. The summed E-state index contributed by atoms with van der Waals surface area (Å²) >= 11 is 1.03. The van der Waals surface area contributed by atoms with Crippen LogP contribution in [-0.4, -0.2) is 56.1 Å². The van der Waals surface area contributed by atoms with Gasteiger partial charge in [0.05, 0.1) is 17.0 Å². The molecule has 1 aromatic carbocycles. The van der Waals surface area contributed by atoms with Crippen LogP contribution in [0.25, 0.3) is 0 Å². The van der Waals surface area contributed by atoms with Crippen molar-refractivity contribution in [2.75, 3.05) is 32.6 Å². The van der Waals surface area contributed by atoms with Crippen LogP contribution in [0.1, 0.15) is 32.5 Å². The van der Waals surface area contributed by atoms with Gasteiger partial charge in [-0.25, -0.2) is 4.79 Å². The van der Waals surface area contributed by atoms with Crippen LogP contribution in [0.15, 0.2) is 24.3 Å². The number of carbonyl (C=O) groups is 3. The molecular formula is C20H22N2O6S. The van der Waals surface area contributed by atoms with Gasteiger partial charge in [0.2, 0.25) is 6.10 Å². The maximum Gasteiger partial charge on any atom is 0.341 e. The van der Waals surface area contributed by atoms with E-state index in [0.29, 0.717) is 21.9 Å². The number of amides is 2. The lowest BCUT2D eigenvalue weighted by Gasteiger charge is -2.25. The van der Waals surface area contributed by atoms with Gasteiger partial charge in [-0.3, -0.25) is 9.59 Å². The molecule has 1 aromatic heterocycles. The first-order valence-electron chi connectivity index (χ1n) is 9.05. The number of hydrogen-bond donors (Lipinski definition) is 1. The molecule has 0 saturated heterocycles. The van der Waals surface area contributed by atoms with Crippen LogP contribution >= 0.6 is 11.3 Å². The summed E-state index contributed by atoms with van der Waals surface area (Å²) in [6.45, 7) is 3.56. The number of para-hydroxylation sites is 2. The first-order valence-corrected chi connectivity index (χ1v) is 9.86. The minimum absolute atomic E-state index is 0.0332. The van der Waals surface area contributed by atoms with Crippen LogP contribution in [-0.2, 0) is 9.53 Å². The molecule has 0 fully saturated rings. The lowest BCUT2D eigenvalue weighted by molar-refractivity contribution is -0.125. The third kappa shape index (κ3) is 4.19. The fourth-order valence-corrected chi connectivity index (χ4v) is 4.02. The first kappa shape index (κ1) is 20.7. The number of ether oxygens (including phenoxy) is 3. The quantitative estimate of drug-likeness (QED) is 0.751. The highest BCUT2D eigenvalue weighted by atomic mass is 32.1. The maximum absolute atomic E-state index is 12.8. The van der Waals surface area contributed by atoms with Crippen LogP contribution in [0.2, 0.25) is 0 Å². The SMILES string of the molecule is CCOC(=O)c1c(NC(=O)[C@H]2COc3ccccc3O2)sc(C(=O)N(C)C)c1C. The van der Waals surface area contributed by atoms with Gasteiger partial charge in [-0.15, -0.1) is 11.3 Å². The smallest absolute Gasteiger partial charge is 0.341 e. The van der Waals surface area contributed by atoms with Crippen LogP contribution in [0, 0.1) is 6.92 Å². The number of carbonyl (C=O) groups excluding carboxylic acids is 3. The maximum atomic E-state index is 12.8. The average molecular weight is 418 g/mol. The van der Waals surface area contributed by atoms with E-state index in [4.69, 9.17) is 14.2 Å². The standard InChI is InChI=1S/C20H22N2O6S/c1-5-26-20(25)15-11(2)16(19(24)22(3)4)29-18(15)21-17(23)14-10-27-12-8-6-7-9-13(12)28-14/h6-9,14H,5,10H2,1-4H3,(H,21,23)/t14-/m1/s1. The molecule has 3 rings (SSSR count). The molecule has 154 valence electrons. The molecule has 0 unspecified atom stereocenters. The van der Waals surface area contributed by atoms with Crippen LogP contribution in [0.4, 0.5) is 5.00 Å². The van der Waals surface area contributed by atoms with E-state index < -0.39 is 18.0 Å². The van der Waals surface area contributed by atoms with Crippen molar-refractivity contribution in [3.63, 3.8) is 0 Å². The Hall–Kier alpha value is -3.07. The Kier molecular flexibility index (Phi) is 6.07. The summed E-state index contributed by atoms with van der Waals surface area (Å²) in [5, 5.41) is 2.96. The zero-order chi connectivity index (χ0) is 21.1. The molecule has 0 saturated carbocycles. The van der Waals surface area contributed by atoms with Crippen molar-refractivity contribution in [2.45, 2.75) is 20.0 Å². The first-order chi connectivity index (χ1) is 13.8. The summed E-state index contributed by atoms with van der Waals surface area (Å²) in [5.41, 5.74) is 0.640. The van der Waals surface area contributed by atoms with Crippen LogP contribution < -0.4 is 14.8 Å². The van der Waals surface area contributed by atoms with E-state index in [9.17, 15) is 14.4 Å². The van der Waals surface area contributed by atoms with E-state index in [2.05, 4.69) is 5.32 Å². The number of rotatable bonds is 5. The summed E-state index contributed by atoms with van der Waals surface area (Å²) < 4.78 is 16.4. The number of benzene rings is 1. The average Bonchev–Trinajstić information content (AvgIpc) is 3.02. The number of fused-ring (bicyclic) bond motifs is 1. The minimum Gasteiger partial charge on any atom is -0.485 e. The van der Waals surface area contributed by atoms with Crippen LogP contribution in [0.3, 0.4) is 0 Å². The highest BCUT2D eigenvalue weighted by Crippen LogP contribution is 2.35. The molecule has 0 bridgehead atoms. The van der Waals surface area contributed by atoms with E-state index in [1.165, 1.54) is 4.90 Å². The zero-order valence-corrected chi connectivity index (χ0v) is 17.4. The van der Waals surface area contributed by atoms with Gasteiger partial charge >= 0.3 is 5.97 Å². The van der Waals surface area contributed by atoms with Crippen molar-refractivity contribution >= 4 is 34.1 Å². The summed E-state index contributed by atoms with van der Waals surface area (Å²) in [6.07, 6.45) is -0.893. The zero-order valence-electron chi connectivity index (χ0n) is 16.6. The Morgan fingerprint density at radius 3 is 2.59 bits per heavy atom. The number of esters is 1. The van der Waals surface area contributed by atoms with E-state index >= 15 is 0 Å². The van der Waals surface area contributed by atoms with Crippen molar-refractivity contribution in [3.05, 3.63) is 40.3 Å². The number of anilines is 1. The third-order valence-corrected chi connectivity index (χ3v) is 5.46. The largest absolute Gasteiger partial charge is 0.485 e. The molecule has 2 heterocycles. The highest BCUT2D eigenvalue weighted by Gasteiger charge is 2.31. The molecule has 1 aliphatic rings. The molecule has 2 amide bonds. The molecule has 1 N–H and O–H groups in total. The van der Waals surface area contributed by atoms with Crippen molar-refractivity contribution in [2.24, 2.45) is 0 Å². The van der Waals surface area contributed by atoms with Gasteiger partial charge in [-0.1, -0.05) is 12.1 Å². The minimum atomic E-state index is -0.893. The lowest BCUT2D eigenvalue weighted by Crippen LogP contribution is -2.40. The van der Waals surface area contributed by atoms with Crippen molar-refractivity contribution in [1.82, 2.24) is 4.90 Å². The molecule has 0 radical (unpaired) electrons. The lowest BCUT2D eigenvalue weighted by atomic mass is 10.1. The predicted octanol–water partition coefficient (Wildman–Crippen LogP) is 2.71. The van der Waals surface area contributed by atoms with Crippen LogP contribution in [0.5, 0.6) is 11.5 Å². The van der Waals surface area contributed by atoms with Gasteiger partial charge in [-0.2, -0.15) is 0 Å². The van der Waals surface area contributed by atoms with Crippen molar-refractivity contribution < 1.29 is 28.6 Å². The second-order valence-corrected chi connectivity index (χ2v) is 7.55. The van der Waals surface area contributed by atoms with Crippen molar-refractivity contribution in [1.29, 1.82) is 0 Å². The van der Waals surface area contributed by atoms with Gasteiger partial charge in [0.1, 0.15) is 11.6 Å². The summed E-state index contributed by atoms with van der Waals surface area (Å²) in [7, 11) is 3.24. The molecule has 2 aromatic rings. The molecular weight excluding hydrogens is 396 g/mol. The van der Waals surface area contributed by atoms with Gasteiger partial charge in [0.15, 0.2) is 11.5 Å². The Bertz CT molecular complexity index is 952. The topological polar surface area (TPSA) is 94.2 Å². The van der Waals surface area contributed by atoms with Gasteiger partial charge in [-0.05, 0) is 31.5 Å². The molecule has 0 aliphatic carbocycles. The molecule has 29 heavy (non-hydrogen) atoms. The molecule has 1 aliphatic heterocycles. The van der Waals surface area contributed by atoms with E-state index in [1.807, 2.05) is 6.07 Å². The third-order valence-electron chi connectivity index (χ3n) is 4.26.